The molecule has 2 aliphatic rings. The predicted octanol–water partition coefficient (Wildman–Crippen LogP) is 4.00. The summed E-state index contributed by atoms with van der Waals surface area (Å²) in [7, 11) is 0. The lowest BCUT2D eigenvalue weighted by molar-refractivity contribution is -0.141. The van der Waals surface area contributed by atoms with Crippen molar-refractivity contribution in [1.82, 2.24) is 34.9 Å². The van der Waals surface area contributed by atoms with Gasteiger partial charge in [-0.3, -0.25) is 39.4 Å². The van der Waals surface area contributed by atoms with E-state index in [0.29, 0.717) is 29.1 Å². The van der Waals surface area contributed by atoms with Crippen LogP contribution in [0.1, 0.15) is 66.5 Å². The first-order chi connectivity index (χ1) is 22.2. The number of halogens is 3. The first-order valence-corrected chi connectivity index (χ1v) is 15.0. The topological polar surface area (TPSA) is 158 Å². The molecule has 3 N–H and O–H groups in total. The third-order valence-electron chi connectivity index (χ3n) is 8.22. The minimum atomic E-state index is -4.62. The Kier molecular flexibility index (Phi) is 8.40. The van der Waals surface area contributed by atoms with Crippen molar-refractivity contribution in [2.24, 2.45) is 0 Å². The zero-order valence-corrected chi connectivity index (χ0v) is 25.6. The van der Waals surface area contributed by atoms with Crippen molar-refractivity contribution in [3.8, 4) is 0 Å². The highest BCUT2D eigenvalue weighted by Gasteiger charge is 2.32. The van der Waals surface area contributed by atoms with Crippen molar-refractivity contribution in [3.05, 3.63) is 71.6 Å². The van der Waals surface area contributed by atoms with Crippen LogP contribution in [-0.4, -0.2) is 72.2 Å². The van der Waals surface area contributed by atoms with Crippen molar-refractivity contribution in [2.75, 3.05) is 29.9 Å². The van der Waals surface area contributed by atoms with Crippen LogP contribution < -0.4 is 15.5 Å². The standard InChI is InChI=1S/C31H32F3N9O4/c1-30(2,47)22-12-23-19(11-24(22)38-28(45)18-3-4-25(36-13-18)31(32,33)34)16-43(40-23)21-5-8-41(9-6-21)17-20-14-37-26(15-35-20)42-10-7-27(44)39-29(42)46/h3-4,11-16,21,47H,5-10,17H2,1-2H3,(H,38,45)(H,39,44,46). The van der Waals surface area contributed by atoms with Crippen LogP contribution in [0.15, 0.2) is 49.1 Å². The maximum Gasteiger partial charge on any atom is 0.433 e. The Balaban J connectivity index is 1.11. The molecule has 6 rings (SSSR count). The summed E-state index contributed by atoms with van der Waals surface area (Å²) in [5, 5.41) is 21.4. The molecule has 3 aromatic heterocycles. The lowest BCUT2D eigenvalue weighted by Crippen LogP contribution is -2.50. The van der Waals surface area contributed by atoms with Crippen LogP contribution in [0.2, 0.25) is 0 Å². The molecule has 47 heavy (non-hydrogen) atoms. The van der Waals surface area contributed by atoms with Crippen molar-refractivity contribution in [3.63, 3.8) is 0 Å². The molecule has 0 saturated carbocycles. The average molecular weight is 652 g/mol. The summed E-state index contributed by atoms with van der Waals surface area (Å²) in [5.41, 5.74) is -0.419. The van der Waals surface area contributed by atoms with E-state index in [1.165, 1.54) is 11.1 Å². The first kappa shape index (κ1) is 32.0. The van der Waals surface area contributed by atoms with Gasteiger partial charge in [0.1, 0.15) is 5.69 Å². The molecule has 0 aliphatic carbocycles. The molecule has 4 amide bonds. The molecule has 4 aromatic rings. The molecule has 1 aromatic carbocycles. The number of likely N-dealkylation sites (tertiary alicyclic amines) is 1. The molecule has 246 valence electrons. The van der Waals surface area contributed by atoms with E-state index in [0.717, 1.165) is 55.3 Å². The number of fused-ring (bicyclic) bond motifs is 1. The van der Waals surface area contributed by atoms with Crippen LogP contribution >= 0.6 is 0 Å². The lowest BCUT2D eigenvalue weighted by Gasteiger charge is -2.31. The number of urea groups is 1. The van der Waals surface area contributed by atoms with Gasteiger partial charge in [0.25, 0.3) is 5.91 Å². The Morgan fingerprint density at radius 2 is 1.81 bits per heavy atom. The molecule has 0 unspecified atom stereocenters. The minimum absolute atomic E-state index is 0.0590. The Morgan fingerprint density at radius 3 is 2.43 bits per heavy atom. The molecular weight excluding hydrogens is 619 g/mol. The number of anilines is 2. The van der Waals surface area contributed by atoms with Gasteiger partial charge in [-0.1, -0.05) is 0 Å². The number of pyridine rings is 1. The second kappa shape index (κ2) is 12.3. The molecule has 16 heteroatoms. The zero-order valence-electron chi connectivity index (χ0n) is 25.6. The van der Waals surface area contributed by atoms with Gasteiger partial charge in [0, 0.05) is 61.6 Å². The number of carbonyl (C=O) groups is 3. The number of hydrogen-bond donors (Lipinski definition) is 3. The molecular formula is C31H32F3N9O4. The molecule has 2 fully saturated rings. The highest BCUT2D eigenvalue weighted by Crippen LogP contribution is 2.34. The number of imide groups is 1. The average Bonchev–Trinajstić information content (AvgIpc) is 3.44. The second-order valence-electron chi connectivity index (χ2n) is 12.1. The van der Waals surface area contributed by atoms with E-state index in [4.69, 9.17) is 5.10 Å². The number of nitrogens with one attached hydrogen (secondary N) is 2. The first-order valence-electron chi connectivity index (χ1n) is 15.0. The third-order valence-corrected chi connectivity index (χ3v) is 8.22. The maximum atomic E-state index is 12.9. The molecule has 2 saturated heterocycles. The van der Waals surface area contributed by atoms with Gasteiger partial charge in [-0.25, -0.2) is 9.78 Å². The molecule has 0 atom stereocenters. The predicted molar refractivity (Wildman–Crippen MR) is 163 cm³/mol. The highest BCUT2D eigenvalue weighted by molar-refractivity contribution is 6.06. The highest BCUT2D eigenvalue weighted by atomic mass is 19.4. The van der Waals surface area contributed by atoms with Gasteiger partial charge in [-0.15, -0.1) is 0 Å². The molecule has 0 bridgehead atoms. The third kappa shape index (κ3) is 7.07. The summed E-state index contributed by atoms with van der Waals surface area (Å²) >= 11 is 0. The van der Waals surface area contributed by atoms with Gasteiger partial charge in [-0.05, 0) is 51.0 Å². The smallest absolute Gasteiger partial charge is 0.386 e. The van der Waals surface area contributed by atoms with E-state index in [1.54, 1.807) is 32.2 Å². The monoisotopic (exact) mass is 651 g/mol. The van der Waals surface area contributed by atoms with E-state index < -0.39 is 29.4 Å². The van der Waals surface area contributed by atoms with Crippen LogP contribution in [0.5, 0.6) is 0 Å². The largest absolute Gasteiger partial charge is 0.433 e. The summed E-state index contributed by atoms with van der Waals surface area (Å²) in [5.74, 6) is -0.591. The number of carbonyl (C=O) groups excluding carboxylic acids is 3. The second-order valence-corrected chi connectivity index (χ2v) is 12.1. The summed E-state index contributed by atoms with van der Waals surface area (Å²) in [6.45, 7) is 5.53. The summed E-state index contributed by atoms with van der Waals surface area (Å²) in [6, 6.07) is 4.80. The number of aliphatic hydroxyl groups is 1. The summed E-state index contributed by atoms with van der Waals surface area (Å²) in [6.07, 6.45) is 3.12. The fourth-order valence-electron chi connectivity index (χ4n) is 5.70. The quantitative estimate of drug-likeness (QED) is 0.269. The van der Waals surface area contributed by atoms with Crippen LogP contribution in [0.25, 0.3) is 10.9 Å². The molecule has 0 radical (unpaired) electrons. The Labute approximate surface area is 266 Å². The van der Waals surface area contributed by atoms with Gasteiger partial charge in [-0.2, -0.15) is 18.3 Å². The minimum Gasteiger partial charge on any atom is -0.386 e. The number of amides is 4. The van der Waals surface area contributed by atoms with E-state index in [9.17, 15) is 32.7 Å². The summed E-state index contributed by atoms with van der Waals surface area (Å²) < 4.78 is 40.6. The Hall–Kier alpha value is -4.96. The fraction of sp³-hybridized carbons (Fsp3) is 0.387. The van der Waals surface area contributed by atoms with Gasteiger partial charge >= 0.3 is 12.2 Å². The number of piperidine rings is 1. The van der Waals surface area contributed by atoms with Crippen LogP contribution in [-0.2, 0) is 23.1 Å². The van der Waals surface area contributed by atoms with E-state index in [2.05, 4.69) is 30.5 Å². The molecule has 5 heterocycles. The zero-order chi connectivity index (χ0) is 33.5. The fourth-order valence-corrected chi connectivity index (χ4v) is 5.70. The van der Waals surface area contributed by atoms with Crippen molar-refractivity contribution < 1.29 is 32.7 Å². The van der Waals surface area contributed by atoms with Crippen molar-refractivity contribution >= 4 is 40.3 Å². The van der Waals surface area contributed by atoms with Gasteiger partial charge < -0.3 is 10.4 Å². The van der Waals surface area contributed by atoms with Crippen molar-refractivity contribution in [1.29, 1.82) is 0 Å². The molecule has 0 spiro atoms. The van der Waals surface area contributed by atoms with Gasteiger partial charge in [0.05, 0.1) is 40.8 Å². The number of alkyl halides is 3. The number of aromatic nitrogens is 5. The molecule has 2 aliphatic heterocycles. The van der Waals surface area contributed by atoms with Crippen molar-refractivity contribution in [2.45, 2.75) is 57.5 Å². The van der Waals surface area contributed by atoms with E-state index in [-0.39, 0.29) is 30.5 Å². The normalized spacial score (nSPS) is 16.9. The van der Waals surface area contributed by atoms with Gasteiger partial charge in [0.2, 0.25) is 5.91 Å². The lowest BCUT2D eigenvalue weighted by atomic mass is 9.95. The SMILES string of the molecule is CC(C)(O)c1cc2nn(C3CCN(Cc4cnc(N5CCC(=O)NC5=O)cn4)CC3)cc2cc1NC(=O)c1ccc(C(F)(F)F)nc1. The summed E-state index contributed by atoms with van der Waals surface area (Å²) in [4.78, 5) is 52.3. The number of hydrogen-bond acceptors (Lipinski definition) is 9. The number of rotatable bonds is 7. The van der Waals surface area contributed by atoms with Crippen LogP contribution in [0.4, 0.5) is 29.5 Å². The Morgan fingerprint density at radius 1 is 1.04 bits per heavy atom. The van der Waals surface area contributed by atoms with Crippen LogP contribution in [0, 0.1) is 0 Å². The van der Waals surface area contributed by atoms with E-state index >= 15 is 0 Å². The number of benzene rings is 1. The Bertz CT molecular complexity index is 1810. The van der Waals surface area contributed by atoms with E-state index in [1.807, 2.05) is 10.9 Å². The van der Waals surface area contributed by atoms with Crippen LogP contribution in [0.3, 0.4) is 0 Å². The maximum absolute atomic E-state index is 12.9. The molecule has 13 nitrogen and oxygen atoms in total. The number of nitrogens with zero attached hydrogens (tertiary/aromatic N) is 7. The van der Waals surface area contributed by atoms with Gasteiger partial charge in [0.15, 0.2) is 5.82 Å².